The Morgan fingerprint density at radius 3 is 2.65 bits per heavy atom. The van der Waals surface area contributed by atoms with Crippen LogP contribution in [0.3, 0.4) is 0 Å². The molecule has 3 nitrogen and oxygen atoms in total. The molecular weight excluding hydrogens is 246 g/mol. The topological polar surface area (TPSA) is 28.2 Å². The maximum atomic E-state index is 4.44. The van der Waals surface area contributed by atoms with Gasteiger partial charge in [0.1, 0.15) is 0 Å². The van der Waals surface area contributed by atoms with Crippen molar-refractivity contribution < 1.29 is 0 Å². The van der Waals surface area contributed by atoms with Gasteiger partial charge in [-0.3, -0.25) is 4.98 Å². The second-order valence-corrected chi connectivity index (χ2v) is 6.11. The van der Waals surface area contributed by atoms with Crippen LogP contribution in [0.4, 0.5) is 0 Å². The third-order valence-corrected chi connectivity index (χ3v) is 4.52. The summed E-state index contributed by atoms with van der Waals surface area (Å²) in [5, 5.41) is 3.73. The van der Waals surface area contributed by atoms with Gasteiger partial charge in [-0.25, -0.2) is 0 Å². The van der Waals surface area contributed by atoms with Crippen LogP contribution in [-0.4, -0.2) is 35.6 Å². The van der Waals surface area contributed by atoms with Gasteiger partial charge >= 0.3 is 0 Å². The summed E-state index contributed by atoms with van der Waals surface area (Å²) in [4.78, 5) is 7.05. The molecule has 0 aromatic carbocycles. The second-order valence-electron chi connectivity index (χ2n) is 6.11. The van der Waals surface area contributed by atoms with Gasteiger partial charge in [-0.05, 0) is 70.8 Å². The first-order chi connectivity index (χ1) is 9.70. The van der Waals surface area contributed by atoms with E-state index in [9.17, 15) is 0 Å². The van der Waals surface area contributed by atoms with E-state index in [-0.39, 0.29) is 0 Å². The van der Waals surface area contributed by atoms with E-state index in [1.54, 1.807) is 0 Å². The number of nitrogens with one attached hydrogen (secondary N) is 1. The Labute approximate surface area is 123 Å². The van der Waals surface area contributed by atoms with Crippen LogP contribution in [0, 0.1) is 5.92 Å². The maximum absolute atomic E-state index is 4.44. The molecule has 1 unspecified atom stereocenters. The summed E-state index contributed by atoms with van der Waals surface area (Å²) < 4.78 is 0. The zero-order chi connectivity index (χ0) is 14.4. The minimum Gasteiger partial charge on any atom is -0.306 e. The van der Waals surface area contributed by atoms with Crippen LogP contribution in [0.5, 0.6) is 0 Å². The number of nitrogens with zero attached hydrogens (tertiary/aromatic N) is 2. The first-order valence-electron chi connectivity index (χ1n) is 8.10. The molecule has 2 heterocycles. The van der Waals surface area contributed by atoms with Crippen LogP contribution < -0.4 is 5.32 Å². The highest BCUT2D eigenvalue weighted by Crippen LogP contribution is 2.22. The van der Waals surface area contributed by atoms with Crippen molar-refractivity contribution in [1.29, 1.82) is 0 Å². The smallest absolute Gasteiger partial charge is 0.0570 e. The number of likely N-dealkylation sites (tertiary alicyclic amines) is 1. The monoisotopic (exact) mass is 275 g/mol. The van der Waals surface area contributed by atoms with E-state index in [0.29, 0.717) is 12.1 Å². The summed E-state index contributed by atoms with van der Waals surface area (Å²) >= 11 is 0. The van der Waals surface area contributed by atoms with Crippen LogP contribution in [0.2, 0.25) is 0 Å². The molecule has 1 aromatic rings. The van der Waals surface area contributed by atoms with E-state index in [4.69, 9.17) is 0 Å². The Hall–Kier alpha value is -0.930. The standard InChI is InChI=1S/C17H29N3/c1-4-11-20-12-8-16(9-13-20)14(2)19-15(3)17-7-5-6-10-18-17/h5-7,10,14-16,19H,4,8-9,11-13H2,1-3H3/t14?,15-/m1/s1. The average Bonchev–Trinajstić information content (AvgIpc) is 2.49. The molecule has 0 spiro atoms. The van der Waals surface area contributed by atoms with Crippen LogP contribution >= 0.6 is 0 Å². The van der Waals surface area contributed by atoms with E-state index < -0.39 is 0 Å². The Balaban J connectivity index is 1.79. The van der Waals surface area contributed by atoms with E-state index in [2.05, 4.69) is 48.1 Å². The normalized spacial score (nSPS) is 20.8. The summed E-state index contributed by atoms with van der Waals surface area (Å²) in [5.74, 6) is 0.800. The molecule has 0 radical (unpaired) electrons. The highest BCUT2D eigenvalue weighted by atomic mass is 15.1. The van der Waals surface area contributed by atoms with E-state index in [0.717, 1.165) is 11.6 Å². The fraction of sp³-hybridized carbons (Fsp3) is 0.706. The predicted molar refractivity (Wildman–Crippen MR) is 84.7 cm³/mol. The molecule has 1 aliphatic rings. The first kappa shape index (κ1) is 15.5. The summed E-state index contributed by atoms with van der Waals surface area (Å²) in [6.07, 6.45) is 5.79. The van der Waals surface area contributed by atoms with Crippen LogP contribution in [-0.2, 0) is 0 Å². The number of pyridine rings is 1. The van der Waals surface area contributed by atoms with Gasteiger partial charge in [-0.1, -0.05) is 13.0 Å². The summed E-state index contributed by atoms with van der Waals surface area (Å²) in [7, 11) is 0. The number of hydrogen-bond acceptors (Lipinski definition) is 3. The van der Waals surface area contributed by atoms with Gasteiger partial charge in [0.15, 0.2) is 0 Å². The molecule has 1 aliphatic heterocycles. The van der Waals surface area contributed by atoms with Crippen LogP contribution in [0.15, 0.2) is 24.4 Å². The van der Waals surface area contributed by atoms with Crippen molar-refractivity contribution in [2.45, 2.75) is 52.1 Å². The minimum absolute atomic E-state index is 0.333. The molecule has 0 aliphatic carbocycles. The first-order valence-corrected chi connectivity index (χ1v) is 8.10. The zero-order valence-corrected chi connectivity index (χ0v) is 13.2. The van der Waals surface area contributed by atoms with Crippen molar-refractivity contribution >= 4 is 0 Å². The van der Waals surface area contributed by atoms with Crippen molar-refractivity contribution in [3.05, 3.63) is 30.1 Å². The number of piperidine rings is 1. The fourth-order valence-electron chi connectivity index (χ4n) is 3.24. The van der Waals surface area contributed by atoms with Gasteiger partial charge in [-0.2, -0.15) is 0 Å². The molecule has 1 saturated heterocycles. The van der Waals surface area contributed by atoms with Crippen molar-refractivity contribution in [1.82, 2.24) is 15.2 Å². The lowest BCUT2D eigenvalue weighted by molar-refractivity contribution is 0.159. The van der Waals surface area contributed by atoms with Crippen LogP contribution in [0.1, 0.15) is 51.8 Å². The fourth-order valence-corrected chi connectivity index (χ4v) is 3.24. The molecule has 3 heteroatoms. The highest BCUT2D eigenvalue weighted by Gasteiger charge is 2.24. The van der Waals surface area contributed by atoms with E-state index in [1.807, 2.05) is 12.3 Å². The molecule has 1 fully saturated rings. The molecule has 0 bridgehead atoms. The average molecular weight is 275 g/mol. The molecule has 112 valence electrons. The predicted octanol–water partition coefficient (Wildman–Crippen LogP) is 3.24. The summed E-state index contributed by atoms with van der Waals surface area (Å²) in [6, 6.07) is 7.04. The largest absolute Gasteiger partial charge is 0.306 e. The summed E-state index contributed by atoms with van der Waals surface area (Å²) in [6.45, 7) is 10.6. The molecule has 2 atom stereocenters. The number of hydrogen-bond donors (Lipinski definition) is 1. The van der Waals surface area contributed by atoms with Crippen LogP contribution in [0.25, 0.3) is 0 Å². The van der Waals surface area contributed by atoms with Crippen molar-refractivity contribution in [3.8, 4) is 0 Å². The highest BCUT2D eigenvalue weighted by molar-refractivity contribution is 5.07. The molecule has 1 N–H and O–H groups in total. The van der Waals surface area contributed by atoms with E-state index in [1.165, 1.54) is 38.9 Å². The third-order valence-electron chi connectivity index (χ3n) is 4.52. The second kappa shape index (κ2) is 7.75. The SMILES string of the molecule is CCCN1CCC(C(C)N[C@H](C)c2ccccn2)CC1. The lowest BCUT2D eigenvalue weighted by atomic mass is 9.89. The Morgan fingerprint density at radius 2 is 2.05 bits per heavy atom. The van der Waals surface area contributed by atoms with Gasteiger partial charge in [0.2, 0.25) is 0 Å². The number of rotatable bonds is 6. The molecule has 20 heavy (non-hydrogen) atoms. The zero-order valence-electron chi connectivity index (χ0n) is 13.2. The molecule has 2 rings (SSSR count). The Bertz CT molecular complexity index is 371. The Kier molecular flexibility index (Phi) is 5.99. The third kappa shape index (κ3) is 4.29. The lowest BCUT2D eigenvalue weighted by Crippen LogP contribution is -2.42. The lowest BCUT2D eigenvalue weighted by Gasteiger charge is -2.36. The minimum atomic E-state index is 0.333. The Morgan fingerprint density at radius 1 is 1.30 bits per heavy atom. The number of aromatic nitrogens is 1. The van der Waals surface area contributed by atoms with Crippen molar-refractivity contribution in [3.63, 3.8) is 0 Å². The molecule has 0 amide bonds. The van der Waals surface area contributed by atoms with Crippen molar-refractivity contribution in [2.75, 3.05) is 19.6 Å². The van der Waals surface area contributed by atoms with Crippen molar-refractivity contribution in [2.24, 2.45) is 5.92 Å². The van der Waals surface area contributed by atoms with Gasteiger partial charge in [0.25, 0.3) is 0 Å². The maximum Gasteiger partial charge on any atom is 0.0570 e. The quantitative estimate of drug-likeness (QED) is 0.864. The van der Waals surface area contributed by atoms with Gasteiger partial charge in [-0.15, -0.1) is 0 Å². The van der Waals surface area contributed by atoms with Gasteiger partial charge in [0, 0.05) is 18.3 Å². The van der Waals surface area contributed by atoms with Gasteiger partial charge in [0.05, 0.1) is 5.69 Å². The molecule has 0 saturated carbocycles. The summed E-state index contributed by atoms with van der Waals surface area (Å²) in [5.41, 5.74) is 1.14. The van der Waals surface area contributed by atoms with E-state index >= 15 is 0 Å². The van der Waals surface area contributed by atoms with Gasteiger partial charge < -0.3 is 10.2 Å². The molecule has 1 aromatic heterocycles. The molecular formula is C17H29N3.